The zero-order valence-electron chi connectivity index (χ0n) is 13.2. The number of nitrogens with zero attached hydrogens (tertiary/aromatic N) is 4. The van der Waals surface area contributed by atoms with Crippen molar-refractivity contribution in [3.8, 4) is 11.4 Å². The van der Waals surface area contributed by atoms with E-state index in [1.54, 1.807) is 48.5 Å². The van der Waals surface area contributed by atoms with E-state index < -0.39 is 21.4 Å². The maximum Gasteiger partial charge on any atom is 0.272 e. The Hall–Kier alpha value is -3.07. The van der Waals surface area contributed by atoms with Gasteiger partial charge in [0.25, 0.3) is 5.16 Å². The monoisotopic (exact) mass is 358 g/mol. The van der Waals surface area contributed by atoms with Gasteiger partial charge in [-0.3, -0.25) is 4.79 Å². The molecule has 2 aromatic carbocycles. The molecule has 0 aliphatic heterocycles. The first-order chi connectivity index (χ1) is 12.0. The quantitative estimate of drug-likeness (QED) is 0.612. The molecule has 0 aliphatic carbocycles. The topological polar surface area (TPSA) is 104 Å². The van der Waals surface area contributed by atoms with Crippen LogP contribution in [-0.2, 0) is 9.84 Å². The number of aromatic nitrogens is 4. The van der Waals surface area contributed by atoms with Crippen LogP contribution in [0.3, 0.4) is 0 Å². The SMILES string of the molecule is COc1ccccc1C(=O)CS(=O)(=O)c1nnnn1-c1ccccc1. The van der Waals surface area contributed by atoms with Gasteiger partial charge in [-0.25, -0.2) is 8.42 Å². The van der Waals surface area contributed by atoms with Crippen LogP contribution in [0.15, 0.2) is 59.8 Å². The molecule has 0 radical (unpaired) electrons. The Morgan fingerprint density at radius 2 is 1.76 bits per heavy atom. The molecular formula is C16H14N4O4S. The maximum absolute atomic E-state index is 12.6. The summed E-state index contributed by atoms with van der Waals surface area (Å²) < 4.78 is 31.5. The second-order valence-corrected chi connectivity index (χ2v) is 6.97. The van der Waals surface area contributed by atoms with Crippen LogP contribution in [0.25, 0.3) is 5.69 Å². The summed E-state index contributed by atoms with van der Waals surface area (Å²) in [4.78, 5) is 12.4. The van der Waals surface area contributed by atoms with E-state index in [4.69, 9.17) is 4.74 Å². The van der Waals surface area contributed by atoms with E-state index in [1.165, 1.54) is 13.2 Å². The lowest BCUT2D eigenvalue weighted by atomic mass is 10.1. The summed E-state index contributed by atoms with van der Waals surface area (Å²) in [5.74, 6) is -1.05. The van der Waals surface area contributed by atoms with E-state index in [2.05, 4.69) is 15.5 Å². The van der Waals surface area contributed by atoms with E-state index in [0.717, 1.165) is 4.68 Å². The molecule has 0 spiro atoms. The predicted molar refractivity (Wildman–Crippen MR) is 88.5 cm³/mol. The molecule has 0 fully saturated rings. The minimum atomic E-state index is -4.05. The van der Waals surface area contributed by atoms with E-state index in [1.807, 2.05) is 0 Å². The van der Waals surface area contributed by atoms with Crippen LogP contribution in [0.1, 0.15) is 10.4 Å². The molecule has 9 heteroatoms. The summed E-state index contributed by atoms with van der Waals surface area (Å²) >= 11 is 0. The van der Waals surface area contributed by atoms with Gasteiger partial charge in [0.05, 0.1) is 18.4 Å². The number of benzene rings is 2. The lowest BCUT2D eigenvalue weighted by molar-refractivity contribution is 0.101. The fraction of sp³-hybridized carbons (Fsp3) is 0.125. The smallest absolute Gasteiger partial charge is 0.272 e. The second-order valence-electron chi connectivity index (χ2n) is 5.09. The van der Waals surface area contributed by atoms with Crippen LogP contribution in [0.5, 0.6) is 5.75 Å². The maximum atomic E-state index is 12.6. The van der Waals surface area contributed by atoms with Crippen molar-refractivity contribution in [1.29, 1.82) is 0 Å². The number of rotatable bonds is 6. The fourth-order valence-electron chi connectivity index (χ4n) is 2.29. The van der Waals surface area contributed by atoms with Crippen molar-refractivity contribution in [2.45, 2.75) is 5.16 Å². The molecule has 3 rings (SSSR count). The molecule has 0 unspecified atom stereocenters. The Balaban J connectivity index is 1.94. The first kappa shape index (κ1) is 16.8. The highest BCUT2D eigenvalue weighted by Gasteiger charge is 2.28. The Morgan fingerprint density at radius 3 is 2.48 bits per heavy atom. The summed E-state index contributed by atoms with van der Waals surface area (Å²) in [5, 5.41) is 10.3. The summed E-state index contributed by atoms with van der Waals surface area (Å²) in [6.07, 6.45) is 0. The highest BCUT2D eigenvalue weighted by molar-refractivity contribution is 7.92. The largest absolute Gasteiger partial charge is 0.496 e. The van der Waals surface area contributed by atoms with Crippen LogP contribution in [0.4, 0.5) is 0 Å². The second kappa shape index (κ2) is 6.81. The molecule has 0 saturated heterocycles. The molecule has 0 saturated carbocycles. The molecular weight excluding hydrogens is 344 g/mol. The van der Waals surface area contributed by atoms with Crippen molar-refractivity contribution in [3.63, 3.8) is 0 Å². The van der Waals surface area contributed by atoms with Gasteiger partial charge in [-0.15, -0.1) is 0 Å². The molecule has 1 aromatic heterocycles. The number of carbonyl (C=O) groups is 1. The van der Waals surface area contributed by atoms with Crippen LogP contribution in [0, 0.1) is 0 Å². The number of para-hydroxylation sites is 2. The number of tetrazole rings is 1. The average molecular weight is 358 g/mol. The van der Waals surface area contributed by atoms with Crippen molar-refractivity contribution in [3.05, 3.63) is 60.2 Å². The number of ketones is 1. The van der Waals surface area contributed by atoms with E-state index in [0.29, 0.717) is 11.4 Å². The number of hydrogen-bond acceptors (Lipinski definition) is 7. The zero-order chi connectivity index (χ0) is 17.9. The Labute approximate surface area is 144 Å². The standard InChI is InChI=1S/C16H14N4O4S/c1-24-15-10-6-5-9-13(15)14(21)11-25(22,23)16-17-18-19-20(16)12-7-3-2-4-8-12/h2-10H,11H2,1H3. The summed E-state index contributed by atoms with van der Waals surface area (Å²) in [7, 11) is -2.63. The van der Waals surface area contributed by atoms with Crippen molar-refractivity contribution < 1.29 is 17.9 Å². The number of ether oxygens (including phenoxy) is 1. The van der Waals surface area contributed by atoms with Gasteiger partial charge in [-0.05, 0) is 34.7 Å². The highest BCUT2D eigenvalue weighted by atomic mass is 32.2. The lowest BCUT2D eigenvalue weighted by Gasteiger charge is -2.08. The van der Waals surface area contributed by atoms with Gasteiger partial charge < -0.3 is 4.74 Å². The molecule has 0 N–H and O–H groups in total. The van der Waals surface area contributed by atoms with Crippen molar-refractivity contribution >= 4 is 15.6 Å². The molecule has 0 amide bonds. The third-order valence-electron chi connectivity index (χ3n) is 3.45. The third kappa shape index (κ3) is 3.41. The van der Waals surface area contributed by atoms with Gasteiger partial charge in [0.2, 0.25) is 9.84 Å². The molecule has 25 heavy (non-hydrogen) atoms. The summed E-state index contributed by atoms with van der Waals surface area (Å²) in [5.41, 5.74) is 0.670. The fourth-order valence-corrected chi connectivity index (χ4v) is 3.49. The minimum absolute atomic E-state index is 0.187. The van der Waals surface area contributed by atoms with Gasteiger partial charge in [0.15, 0.2) is 5.78 Å². The van der Waals surface area contributed by atoms with Crippen molar-refractivity contribution in [2.24, 2.45) is 0 Å². The molecule has 0 atom stereocenters. The van der Waals surface area contributed by atoms with Gasteiger partial charge in [0.1, 0.15) is 11.5 Å². The van der Waals surface area contributed by atoms with Gasteiger partial charge in [0, 0.05) is 0 Å². The van der Waals surface area contributed by atoms with Crippen LogP contribution < -0.4 is 4.74 Å². The number of Topliss-reactive ketones (excluding diaryl/α,β-unsaturated/α-hetero) is 1. The van der Waals surface area contributed by atoms with E-state index >= 15 is 0 Å². The Kier molecular flexibility index (Phi) is 4.57. The molecule has 3 aromatic rings. The molecule has 1 heterocycles. The molecule has 128 valence electrons. The predicted octanol–water partition coefficient (Wildman–Crippen LogP) is 1.33. The van der Waals surface area contributed by atoms with Crippen molar-refractivity contribution in [1.82, 2.24) is 20.2 Å². The van der Waals surface area contributed by atoms with Crippen LogP contribution in [-0.4, -0.2) is 47.3 Å². The number of methoxy groups -OCH3 is 1. The van der Waals surface area contributed by atoms with E-state index in [-0.39, 0.29) is 10.7 Å². The summed E-state index contributed by atoms with van der Waals surface area (Å²) in [6.45, 7) is 0. The number of sulfone groups is 1. The summed E-state index contributed by atoms with van der Waals surface area (Å²) in [6, 6.07) is 15.0. The van der Waals surface area contributed by atoms with Crippen LogP contribution in [0.2, 0.25) is 0 Å². The Morgan fingerprint density at radius 1 is 1.08 bits per heavy atom. The van der Waals surface area contributed by atoms with Gasteiger partial charge >= 0.3 is 0 Å². The minimum Gasteiger partial charge on any atom is -0.496 e. The number of carbonyl (C=O) groups excluding carboxylic acids is 1. The van der Waals surface area contributed by atoms with E-state index in [9.17, 15) is 13.2 Å². The zero-order valence-corrected chi connectivity index (χ0v) is 14.0. The highest BCUT2D eigenvalue weighted by Crippen LogP contribution is 2.20. The van der Waals surface area contributed by atoms with Gasteiger partial charge in [-0.2, -0.15) is 4.68 Å². The number of hydrogen-bond donors (Lipinski definition) is 0. The molecule has 0 bridgehead atoms. The van der Waals surface area contributed by atoms with Gasteiger partial charge in [-0.1, -0.05) is 35.4 Å². The molecule has 8 nitrogen and oxygen atoms in total. The first-order valence-electron chi connectivity index (χ1n) is 7.26. The van der Waals surface area contributed by atoms with Crippen LogP contribution >= 0.6 is 0 Å². The Bertz CT molecular complexity index is 1000. The lowest BCUT2D eigenvalue weighted by Crippen LogP contribution is -2.20. The average Bonchev–Trinajstić information content (AvgIpc) is 3.13. The van der Waals surface area contributed by atoms with Crippen molar-refractivity contribution in [2.75, 3.05) is 12.9 Å². The normalized spacial score (nSPS) is 11.2. The third-order valence-corrected chi connectivity index (χ3v) is 4.90. The molecule has 0 aliphatic rings. The first-order valence-corrected chi connectivity index (χ1v) is 8.91.